The monoisotopic (exact) mass is 479 g/mol. The molecule has 0 radical (unpaired) electrons. The summed E-state index contributed by atoms with van der Waals surface area (Å²) in [5.74, 6) is 0.649. The molecule has 1 unspecified atom stereocenters. The van der Waals surface area contributed by atoms with Crippen molar-refractivity contribution in [1.29, 1.82) is 0 Å². The van der Waals surface area contributed by atoms with Crippen LogP contribution in [0, 0.1) is 5.92 Å². The van der Waals surface area contributed by atoms with Crippen LogP contribution in [0.2, 0.25) is 0 Å². The first-order valence-electron chi connectivity index (χ1n) is 12.9. The standard InChI is InChI=1S/C29H37NO5/c1-21(23-7-9-24(10-8-23)27(31)32)30-28(33)29(16-19-34-20-17-29)25-11-13-26(14-12-25)35-18-15-22-5-3-2-4-6-22/h7-14,21-22H,2-6,15-20H2,1H3,(H,30,33)(H,31,32). The Morgan fingerprint density at radius 2 is 1.69 bits per heavy atom. The highest BCUT2D eigenvalue weighted by Crippen LogP contribution is 2.37. The molecule has 1 aliphatic carbocycles. The minimum atomic E-state index is -0.962. The van der Waals surface area contributed by atoms with Gasteiger partial charge in [0.2, 0.25) is 5.91 Å². The Balaban J connectivity index is 1.41. The van der Waals surface area contributed by atoms with Crippen molar-refractivity contribution >= 4 is 11.9 Å². The Labute approximate surface area is 208 Å². The maximum absolute atomic E-state index is 13.6. The van der Waals surface area contributed by atoms with Gasteiger partial charge < -0.3 is 19.9 Å². The fraction of sp³-hybridized carbons (Fsp3) is 0.517. The predicted octanol–water partition coefficient (Wildman–Crippen LogP) is 5.66. The summed E-state index contributed by atoms with van der Waals surface area (Å²) in [5, 5.41) is 12.3. The van der Waals surface area contributed by atoms with E-state index in [1.54, 1.807) is 24.3 Å². The number of nitrogens with one attached hydrogen (secondary N) is 1. The lowest BCUT2D eigenvalue weighted by atomic mass is 9.73. The number of carbonyl (C=O) groups is 2. The number of carboxylic acid groups (broad SMARTS) is 1. The molecule has 0 spiro atoms. The van der Waals surface area contributed by atoms with Crippen LogP contribution in [0.15, 0.2) is 48.5 Å². The van der Waals surface area contributed by atoms with Crippen LogP contribution < -0.4 is 10.1 Å². The number of carbonyl (C=O) groups excluding carboxylic acids is 1. The molecular formula is C29H37NO5. The summed E-state index contributed by atoms with van der Waals surface area (Å²) in [7, 11) is 0. The summed E-state index contributed by atoms with van der Waals surface area (Å²) >= 11 is 0. The first-order chi connectivity index (χ1) is 17.0. The predicted molar refractivity (Wildman–Crippen MR) is 135 cm³/mol. The summed E-state index contributed by atoms with van der Waals surface area (Å²) in [6, 6.07) is 14.4. The fourth-order valence-corrected chi connectivity index (χ4v) is 5.39. The van der Waals surface area contributed by atoms with Gasteiger partial charge >= 0.3 is 5.97 Å². The van der Waals surface area contributed by atoms with Crippen LogP contribution in [0.25, 0.3) is 0 Å². The molecule has 1 heterocycles. The molecule has 1 saturated heterocycles. The zero-order valence-corrected chi connectivity index (χ0v) is 20.6. The van der Waals surface area contributed by atoms with Gasteiger partial charge in [0.25, 0.3) is 0 Å². The molecule has 0 aromatic heterocycles. The fourth-order valence-electron chi connectivity index (χ4n) is 5.39. The Morgan fingerprint density at radius 1 is 1.03 bits per heavy atom. The maximum atomic E-state index is 13.6. The van der Waals surface area contributed by atoms with Crippen LogP contribution in [0.3, 0.4) is 0 Å². The van der Waals surface area contributed by atoms with Crippen molar-refractivity contribution in [3.8, 4) is 5.75 Å². The highest BCUT2D eigenvalue weighted by molar-refractivity contribution is 5.89. The number of benzene rings is 2. The molecule has 188 valence electrons. The average Bonchev–Trinajstić information content (AvgIpc) is 2.90. The second-order valence-electron chi connectivity index (χ2n) is 9.98. The van der Waals surface area contributed by atoms with Crippen molar-refractivity contribution in [3.63, 3.8) is 0 Å². The van der Waals surface area contributed by atoms with Crippen LogP contribution in [0.4, 0.5) is 0 Å². The van der Waals surface area contributed by atoms with Gasteiger partial charge in [-0.25, -0.2) is 4.79 Å². The van der Waals surface area contributed by atoms with Crippen LogP contribution in [-0.4, -0.2) is 36.8 Å². The zero-order chi connectivity index (χ0) is 24.7. The second-order valence-corrected chi connectivity index (χ2v) is 9.98. The van der Waals surface area contributed by atoms with Gasteiger partial charge in [-0.15, -0.1) is 0 Å². The molecule has 1 saturated carbocycles. The van der Waals surface area contributed by atoms with E-state index in [0.717, 1.165) is 35.8 Å². The van der Waals surface area contributed by atoms with E-state index in [-0.39, 0.29) is 17.5 Å². The number of rotatable bonds is 9. The number of amides is 1. The van der Waals surface area contributed by atoms with Crippen LogP contribution >= 0.6 is 0 Å². The third kappa shape index (κ3) is 6.23. The Kier molecular flexibility index (Phi) is 8.45. The number of carboxylic acids is 1. The molecule has 0 bridgehead atoms. The van der Waals surface area contributed by atoms with E-state index in [1.807, 2.05) is 31.2 Å². The molecule has 1 amide bonds. The van der Waals surface area contributed by atoms with Crippen molar-refractivity contribution in [2.75, 3.05) is 19.8 Å². The summed E-state index contributed by atoms with van der Waals surface area (Å²) in [5.41, 5.74) is 1.42. The molecular weight excluding hydrogens is 442 g/mol. The van der Waals surface area contributed by atoms with Gasteiger partial charge in [-0.3, -0.25) is 4.79 Å². The van der Waals surface area contributed by atoms with Crippen molar-refractivity contribution < 1.29 is 24.2 Å². The van der Waals surface area contributed by atoms with Gasteiger partial charge in [0.05, 0.1) is 23.6 Å². The summed E-state index contributed by atoms with van der Waals surface area (Å²) in [4.78, 5) is 24.7. The van der Waals surface area contributed by atoms with Gasteiger partial charge in [-0.1, -0.05) is 56.4 Å². The van der Waals surface area contributed by atoms with E-state index < -0.39 is 11.4 Å². The van der Waals surface area contributed by atoms with Gasteiger partial charge in [0, 0.05) is 13.2 Å². The van der Waals surface area contributed by atoms with Crippen molar-refractivity contribution in [2.45, 2.75) is 69.7 Å². The zero-order valence-electron chi connectivity index (χ0n) is 20.6. The lowest BCUT2D eigenvalue weighted by Gasteiger charge is -2.37. The molecule has 2 N–H and O–H groups in total. The van der Waals surface area contributed by atoms with Crippen molar-refractivity contribution in [1.82, 2.24) is 5.32 Å². The topological polar surface area (TPSA) is 84.9 Å². The molecule has 4 rings (SSSR count). The van der Waals surface area contributed by atoms with Crippen molar-refractivity contribution in [2.24, 2.45) is 5.92 Å². The quantitative estimate of drug-likeness (QED) is 0.485. The lowest BCUT2D eigenvalue weighted by Crippen LogP contribution is -2.48. The Morgan fingerprint density at radius 3 is 2.31 bits per heavy atom. The van der Waals surface area contributed by atoms with E-state index in [9.17, 15) is 9.59 Å². The van der Waals surface area contributed by atoms with Gasteiger partial charge in [-0.05, 0) is 67.5 Å². The maximum Gasteiger partial charge on any atom is 0.335 e. The third-order valence-corrected chi connectivity index (χ3v) is 7.71. The molecule has 6 heteroatoms. The summed E-state index contributed by atoms with van der Waals surface area (Å²) in [6.45, 7) is 3.73. The SMILES string of the molecule is CC(NC(=O)C1(c2ccc(OCCC3CCCCC3)cc2)CCOCC1)c1ccc(C(=O)O)cc1. The van der Waals surface area contributed by atoms with Crippen LogP contribution in [0.1, 0.15) is 85.8 Å². The molecule has 35 heavy (non-hydrogen) atoms. The highest BCUT2D eigenvalue weighted by atomic mass is 16.5. The van der Waals surface area contributed by atoms with Gasteiger partial charge in [0.15, 0.2) is 0 Å². The van der Waals surface area contributed by atoms with E-state index in [0.29, 0.717) is 26.1 Å². The van der Waals surface area contributed by atoms with Crippen LogP contribution in [-0.2, 0) is 14.9 Å². The molecule has 6 nitrogen and oxygen atoms in total. The third-order valence-electron chi connectivity index (χ3n) is 7.71. The van der Waals surface area contributed by atoms with Crippen LogP contribution in [0.5, 0.6) is 5.75 Å². The Bertz CT molecular complexity index is 973. The second kappa shape index (κ2) is 11.7. The molecule has 2 fully saturated rings. The molecule has 1 atom stereocenters. The van der Waals surface area contributed by atoms with E-state index in [1.165, 1.54) is 32.1 Å². The van der Waals surface area contributed by atoms with Gasteiger partial charge in [0.1, 0.15) is 5.75 Å². The molecule has 2 aliphatic rings. The minimum Gasteiger partial charge on any atom is -0.494 e. The van der Waals surface area contributed by atoms with E-state index in [2.05, 4.69) is 5.32 Å². The lowest BCUT2D eigenvalue weighted by molar-refractivity contribution is -0.131. The van der Waals surface area contributed by atoms with E-state index in [4.69, 9.17) is 14.6 Å². The number of ether oxygens (including phenoxy) is 2. The summed E-state index contributed by atoms with van der Waals surface area (Å²) < 4.78 is 11.6. The van der Waals surface area contributed by atoms with Gasteiger partial charge in [-0.2, -0.15) is 0 Å². The highest BCUT2D eigenvalue weighted by Gasteiger charge is 2.42. The molecule has 2 aromatic carbocycles. The largest absolute Gasteiger partial charge is 0.494 e. The molecule has 1 aliphatic heterocycles. The smallest absolute Gasteiger partial charge is 0.335 e. The van der Waals surface area contributed by atoms with Crippen molar-refractivity contribution in [3.05, 3.63) is 65.2 Å². The van der Waals surface area contributed by atoms with E-state index >= 15 is 0 Å². The number of hydrogen-bond donors (Lipinski definition) is 2. The first-order valence-corrected chi connectivity index (χ1v) is 12.9. The average molecular weight is 480 g/mol. The minimum absolute atomic E-state index is 0.0263. The number of aromatic carboxylic acids is 1. The number of hydrogen-bond acceptors (Lipinski definition) is 4. The molecule has 2 aromatic rings. The Hall–Kier alpha value is -2.86. The first kappa shape index (κ1) is 25.2. The normalized spacial score (nSPS) is 19.0. The summed E-state index contributed by atoms with van der Waals surface area (Å²) in [6.07, 6.45) is 9.05.